The maximum atomic E-state index is 13.2. The second-order valence-electron chi connectivity index (χ2n) is 3.88. The monoisotopic (exact) mass is 248 g/mol. The Morgan fingerprint density at radius 2 is 2.00 bits per heavy atom. The standard InChI is InChI=1S/C13H10FNO3/c1-8-5-6-11(13(16)17)15(18)12(8)9-3-2-4-10(14)7-9/h2-7H,1H3,(H-,16,17,18)/p+1. The zero-order valence-electron chi connectivity index (χ0n) is 9.59. The maximum Gasteiger partial charge on any atom is 0.406 e. The van der Waals surface area contributed by atoms with Crippen LogP contribution in [0, 0.1) is 12.7 Å². The van der Waals surface area contributed by atoms with Crippen LogP contribution in [0.3, 0.4) is 0 Å². The molecule has 1 aromatic heterocycles. The molecule has 0 radical (unpaired) electrons. The zero-order valence-corrected chi connectivity index (χ0v) is 9.59. The number of aryl methyl sites for hydroxylation is 1. The van der Waals surface area contributed by atoms with Crippen LogP contribution in [-0.2, 0) is 0 Å². The number of nitrogens with zero attached hydrogens (tertiary/aromatic N) is 1. The van der Waals surface area contributed by atoms with Gasteiger partial charge in [-0.15, -0.1) is 0 Å². The van der Waals surface area contributed by atoms with E-state index in [2.05, 4.69) is 0 Å². The number of benzene rings is 1. The minimum atomic E-state index is -1.25. The molecular formula is C13H11FNO3+. The fraction of sp³-hybridized carbons (Fsp3) is 0.0769. The molecule has 5 heteroatoms. The Balaban J connectivity index is 2.70. The highest BCUT2D eigenvalue weighted by Crippen LogP contribution is 2.20. The predicted octanol–water partition coefficient (Wildman–Crippen LogP) is 2.02. The topological polar surface area (TPSA) is 61.4 Å². The summed E-state index contributed by atoms with van der Waals surface area (Å²) in [4.78, 5) is 10.9. The average Bonchev–Trinajstić information content (AvgIpc) is 2.28. The Morgan fingerprint density at radius 1 is 1.28 bits per heavy atom. The first-order chi connectivity index (χ1) is 8.50. The van der Waals surface area contributed by atoms with Gasteiger partial charge in [0.25, 0.3) is 5.69 Å². The minimum Gasteiger partial charge on any atom is -0.473 e. The molecule has 0 aliphatic rings. The third kappa shape index (κ3) is 2.02. The van der Waals surface area contributed by atoms with Gasteiger partial charge in [0.1, 0.15) is 5.82 Å². The number of hydrogen-bond acceptors (Lipinski definition) is 2. The molecule has 0 unspecified atom stereocenters. The van der Waals surface area contributed by atoms with Crippen LogP contribution in [0.5, 0.6) is 0 Å². The van der Waals surface area contributed by atoms with Gasteiger partial charge in [-0.3, -0.25) is 5.21 Å². The van der Waals surface area contributed by atoms with E-state index in [0.717, 1.165) is 0 Å². The molecule has 0 bridgehead atoms. The summed E-state index contributed by atoms with van der Waals surface area (Å²) in [5.74, 6) is -1.71. The largest absolute Gasteiger partial charge is 0.473 e. The van der Waals surface area contributed by atoms with Gasteiger partial charge in [0.05, 0.1) is 5.56 Å². The van der Waals surface area contributed by atoms with Gasteiger partial charge in [-0.25, -0.2) is 9.18 Å². The fourth-order valence-corrected chi connectivity index (χ4v) is 1.79. The quantitative estimate of drug-likeness (QED) is 0.631. The second-order valence-corrected chi connectivity index (χ2v) is 3.88. The fourth-order valence-electron chi connectivity index (χ4n) is 1.79. The Labute approximate surface area is 103 Å². The van der Waals surface area contributed by atoms with Crippen LogP contribution in [0.25, 0.3) is 11.3 Å². The number of aromatic nitrogens is 1. The van der Waals surface area contributed by atoms with Gasteiger partial charge in [-0.1, -0.05) is 6.07 Å². The van der Waals surface area contributed by atoms with Gasteiger partial charge >= 0.3 is 11.7 Å². The van der Waals surface area contributed by atoms with E-state index in [0.29, 0.717) is 15.9 Å². The van der Waals surface area contributed by atoms with E-state index in [1.165, 1.54) is 24.3 Å². The lowest BCUT2D eigenvalue weighted by molar-refractivity contribution is -0.897. The number of halogens is 1. The Hall–Kier alpha value is -2.43. The van der Waals surface area contributed by atoms with E-state index in [1.807, 2.05) is 0 Å². The van der Waals surface area contributed by atoms with Crippen LogP contribution in [0.1, 0.15) is 16.1 Å². The third-order valence-electron chi connectivity index (χ3n) is 2.62. The number of carboxylic acids is 1. The van der Waals surface area contributed by atoms with Crippen LogP contribution < -0.4 is 4.73 Å². The molecule has 0 atom stereocenters. The van der Waals surface area contributed by atoms with Crippen molar-refractivity contribution < 1.29 is 24.2 Å². The molecule has 1 heterocycles. The molecule has 1 aromatic carbocycles. The Kier molecular flexibility index (Phi) is 2.97. The van der Waals surface area contributed by atoms with Crippen LogP contribution in [0.4, 0.5) is 4.39 Å². The van der Waals surface area contributed by atoms with Crippen LogP contribution in [0.2, 0.25) is 0 Å². The summed E-state index contributed by atoms with van der Waals surface area (Å²) >= 11 is 0. The van der Waals surface area contributed by atoms with Crippen molar-refractivity contribution in [3.63, 3.8) is 0 Å². The van der Waals surface area contributed by atoms with Crippen molar-refractivity contribution in [1.82, 2.24) is 0 Å². The highest BCUT2D eigenvalue weighted by molar-refractivity contribution is 5.84. The average molecular weight is 248 g/mol. The number of pyridine rings is 1. The SMILES string of the molecule is Cc1ccc(C(=O)O)[n+](O)c1-c1cccc(F)c1. The molecule has 18 heavy (non-hydrogen) atoms. The molecule has 0 amide bonds. The summed E-state index contributed by atoms with van der Waals surface area (Å²) in [5.41, 5.74) is 1.04. The molecule has 2 rings (SSSR count). The molecule has 0 fully saturated rings. The molecule has 0 saturated carbocycles. The molecule has 92 valence electrons. The van der Waals surface area contributed by atoms with Gasteiger partial charge in [-0.05, 0) is 31.2 Å². The van der Waals surface area contributed by atoms with Crippen molar-refractivity contribution in [3.05, 3.63) is 53.5 Å². The van der Waals surface area contributed by atoms with E-state index < -0.39 is 11.8 Å². The summed E-state index contributed by atoms with van der Waals surface area (Å²) in [7, 11) is 0. The molecule has 0 aliphatic heterocycles. The summed E-state index contributed by atoms with van der Waals surface area (Å²) in [5, 5.41) is 18.8. The number of aromatic carboxylic acids is 1. The van der Waals surface area contributed by atoms with Crippen molar-refractivity contribution >= 4 is 5.97 Å². The van der Waals surface area contributed by atoms with Crippen molar-refractivity contribution in [2.45, 2.75) is 6.92 Å². The first-order valence-electron chi connectivity index (χ1n) is 5.25. The van der Waals surface area contributed by atoms with Crippen molar-refractivity contribution in [2.24, 2.45) is 0 Å². The van der Waals surface area contributed by atoms with Gasteiger partial charge in [0.15, 0.2) is 0 Å². The first-order valence-corrected chi connectivity index (χ1v) is 5.25. The zero-order chi connectivity index (χ0) is 13.3. The maximum absolute atomic E-state index is 13.2. The Morgan fingerprint density at radius 3 is 2.61 bits per heavy atom. The van der Waals surface area contributed by atoms with Gasteiger partial charge in [0, 0.05) is 16.4 Å². The van der Waals surface area contributed by atoms with E-state index in [9.17, 15) is 14.4 Å². The van der Waals surface area contributed by atoms with E-state index in [-0.39, 0.29) is 11.4 Å². The second kappa shape index (κ2) is 4.44. The summed E-state index contributed by atoms with van der Waals surface area (Å²) in [6, 6.07) is 8.47. The minimum absolute atomic E-state index is 0.259. The molecule has 2 N–H and O–H groups in total. The predicted molar refractivity (Wildman–Crippen MR) is 60.9 cm³/mol. The summed E-state index contributed by atoms with van der Waals surface area (Å²) < 4.78 is 13.7. The van der Waals surface area contributed by atoms with Gasteiger partial charge in [-0.2, -0.15) is 0 Å². The normalized spacial score (nSPS) is 10.3. The van der Waals surface area contributed by atoms with Crippen molar-refractivity contribution in [2.75, 3.05) is 0 Å². The van der Waals surface area contributed by atoms with Crippen LogP contribution in [-0.4, -0.2) is 16.3 Å². The summed E-state index contributed by atoms with van der Waals surface area (Å²) in [6.45, 7) is 1.71. The number of carboxylic acid groups (broad SMARTS) is 1. The third-order valence-corrected chi connectivity index (χ3v) is 2.62. The van der Waals surface area contributed by atoms with Crippen molar-refractivity contribution in [3.8, 4) is 11.3 Å². The van der Waals surface area contributed by atoms with E-state index in [1.54, 1.807) is 19.1 Å². The highest BCUT2D eigenvalue weighted by atomic mass is 19.1. The molecule has 0 spiro atoms. The lowest BCUT2D eigenvalue weighted by Crippen LogP contribution is -2.40. The molecule has 0 saturated heterocycles. The number of carbonyl (C=O) groups is 1. The molecule has 4 nitrogen and oxygen atoms in total. The van der Waals surface area contributed by atoms with E-state index in [4.69, 9.17) is 5.11 Å². The van der Waals surface area contributed by atoms with Crippen molar-refractivity contribution in [1.29, 1.82) is 0 Å². The highest BCUT2D eigenvalue weighted by Gasteiger charge is 2.26. The number of hydrogen-bond donors (Lipinski definition) is 2. The smallest absolute Gasteiger partial charge is 0.406 e. The Bertz CT molecular complexity index is 626. The number of rotatable bonds is 2. The lowest BCUT2D eigenvalue weighted by atomic mass is 10.1. The molecule has 2 aromatic rings. The first kappa shape index (κ1) is 12.0. The van der Waals surface area contributed by atoms with Gasteiger partial charge < -0.3 is 5.11 Å². The van der Waals surface area contributed by atoms with Gasteiger partial charge in [0.2, 0.25) is 0 Å². The van der Waals surface area contributed by atoms with E-state index >= 15 is 0 Å². The lowest BCUT2D eigenvalue weighted by Gasteiger charge is -2.03. The molecule has 0 aliphatic carbocycles. The van der Waals surface area contributed by atoms with Crippen LogP contribution >= 0.6 is 0 Å². The summed E-state index contributed by atoms with van der Waals surface area (Å²) in [6.07, 6.45) is 0. The van der Waals surface area contributed by atoms with Crippen LogP contribution in [0.15, 0.2) is 36.4 Å². The molecular weight excluding hydrogens is 237 g/mol.